The lowest BCUT2D eigenvalue weighted by Crippen LogP contribution is -2.17. The van der Waals surface area contributed by atoms with Crippen molar-refractivity contribution in [3.05, 3.63) is 95.8 Å². The predicted octanol–water partition coefficient (Wildman–Crippen LogP) is 7.29. The molecule has 3 rings (SSSR count). The molecule has 166 valence electrons. The van der Waals surface area contributed by atoms with Crippen molar-refractivity contribution in [3.63, 3.8) is 0 Å². The fraction of sp³-hybridized carbons (Fsp3) is 0.160. The summed E-state index contributed by atoms with van der Waals surface area (Å²) in [6.07, 6.45) is -3.32. The molecule has 0 spiro atoms. The number of hydrogen-bond donors (Lipinski definition) is 0. The van der Waals surface area contributed by atoms with Gasteiger partial charge < -0.3 is 14.2 Å². The van der Waals surface area contributed by atoms with Crippen LogP contribution < -0.4 is 14.2 Å². The van der Waals surface area contributed by atoms with E-state index in [1.807, 2.05) is 62.4 Å². The smallest absolute Gasteiger partial charge is 0.465 e. The normalized spacial score (nSPS) is 12.4. The maximum absolute atomic E-state index is 12.6. The molecule has 4 nitrogen and oxygen atoms in total. The van der Waals surface area contributed by atoms with Gasteiger partial charge in [-0.2, -0.15) is 0 Å². The summed E-state index contributed by atoms with van der Waals surface area (Å²) >= 11 is 0. The highest BCUT2D eigenvalue weighted by Gasteiger charge is 2.31. The van der Waals surface area contributed by atoms with Gasteiger partial charge in [0.1, 0.15) is 17.2 Å². The van der Waals surface area contributed by atoms with Crippen LogP contribution in [-0.2, 0) is 0 Å². The van der Waals surface area contributed by atoms with Crippen LogP contribution in [0.4, 0.5) is 18.9 Å². The number of ether oxygens (including phenoxy) is 3. The Labute approximate surface area is 184 Å². The highest BCUT2D eigenvalue weighted by Crippen LogP contribution is 2.27. The Morgan fingerprint density at radius 3 is 2.03 bits per heavy atom. The molecule has 0 radical (unpaired) electrons. The highest BCUT2D eigenvalue weighted by atomic mass is 19.4. The van der Waals surface area contributed by atoms with Crippen LogP contribution in [0.3, 0.4) is 0 Å². The predicted molar refractivity (Wildman–Crippen MR) is 118 cm³/mol. The molecule has 0 amide bonds. The highest BCUT2D eigenvalue weighted by molar-refractivity contribution is 5.96. The largest absolute Gasteiger partial charge is 0.573 e. The third-order valence-electron chi connectivity index (χ3n) is 4.25. The topological polar surface area (TPSA) is 40.0 Å². The summed E-state index contributed by atoms with van der Waals surface area (Å²) in [6, 6.07) is 20.2. The van der Waals surface area contributed by atoms with E-state index in [2.05, 4.69) is 9.73 Å². The first kappa shape index (κ1) is 22.9. The first-order valence-electron chi connectivity index (χ1n) is 9.77. The Balaban J connectivity index is 1.88. The van der Waals surface area contributed by atoms with Crippen LogP contribution in [0, 0.1) is 13.8 Å². The van der Waals surface area contributed by atoms with Gasteiger partial charge in [0.2, 0.25) is 5.90 Å². The van der Waals surface area contributed by atoms with Gasteiger partial charge in [0.25, 0.3) is 0 Å². The minimum Gasteiger partial charge on any atom is -0.465 e. The van der Waals surface area contributed by atoms with Crippen LogP contribution in [0.25, 0.3) is 0 Å². The molecule has 0 fully saturated rings. The Morgan fingerprint density at radius 1 is 0.812 bits per heavy atom. The van der Waals surface area contributed by atoms with Crippen molar-refractivity contribution in [2.75, 3.05) is 0 Å². The lowest BCUT2D eigenvalue weighted by molar-refractivity contribution is -0.274. The molecular weight excluding hydrogens is 419 g/mol. The number of hydrogen-bond acceptors (Lipinski definition) is 4. The van der Waals surface area contributed by atoms with E-state index in [-0.39, 0.29) is 17.4 Å². The van der Waals surface area contributed by atoms with Gasteiger partial charge in [-0.25, -0.2) is 4.99 Å². The molecule has 0 saturated heterocycles. The fourth-order valence-corrected chi connectivity index (χ4v) is 2.60. The van der Waals surface area contributed by atoms with Crippen molar-refractivity contribution < 1.29 is 27.4 Å². The summed E-state index contributed by atoms with van der Waals surface area (Å²) in [5, 5.41) is 0. The minimum absolute atomic E-state index is 0.140. The number of nitrogens with zero attached hydrogens (tertiary/aromatic N) is 1. The van der Waals surface area contributed by atoms with Crippen LogP contribution >= 0.6 is 0 Å². The van der Waals surface area contributed by atoms with Crippen molar-refractivity contribution in [1.82, 2.24) is 0 Å². The van der Waals surface area contributed by atoms with Gasteiger partial charge in [0, 0.05) is 11.6 Å². The second kappa shape index (κ2) is 10.0. The first-order chi connectivity index (χ1) is 15.2. The molecule has 0 atom stereocenters. The first-order valence-corrected chi connectivity index (χ1v) is 9.77. The monoisotopic (exact) mass is 441 g/mol. The SMILES string of the molecule is CC(=COc1ccc(C)cc1)C(=Nc1ccc(C)cc1)Oc1cccc(OC(F)(F)F)c1. The zero-order valence-corrected chi connectivity index (χ0v) is 17.8. The molecule has 0 N–H and O–H groups in total. The molecule has 7 heteroatoms. The number of alkyl halides is 3. The molecular formula is C25H22F3NO3. The summed E-state index contributed by atoms with van der Waals surface area (Å²) in [6.45, 7) is 5.66. The minimum atomic E-state index is -4.80. The summed E-state index contributed by atoms with van der Waals surface area (Å²) < 4.78 is 53.2. The summed E-state index contributed by atoms with van der Waals surface area (Å²) in [4.78, 5) is 4.51. The molecule has 3 aromatic rings. The van der Waals surface area contributed by atoms with E-state index in [1.54, 1.807) is 6.92 Å². The maximum atomic E-state index is 12.6. The van der Waals surface area contributed by atoms with Crippen LogP contribution in [0.1, 0.15) is 18.1 Å². The third-order valence-corrected chi connectivity index (χ3v) is 4.25. The van der Waals surface area contributed by atoms with Crippen LogP contribution in [0.5, 0.6) is 17.2 Å². The Kier molecular flexibility index (Phi) is 7.20. The van der Waals surface area contributed by atoms with Gasteiger partial charge in [-0.3, -0.25) is 0 Å². The number of rotatable bonds is 6. The molecule has 32 heavy (non-hydrogen) atoms. The Morgan fingerprint density at radius 2 is 1.41 bits per heavy atom. The number of benzene rings is 3. The number of aryl methyl sites for hydroxylation is 2. The van der Waals surface area contributed by atoms with Crippen LogP contribution in [0.15, 0.2) is 89.6 Å². The van der Waals surface area contributed by atoms with Crippen molar-refractivity contribution in [3.8, 4) is 17.2 Å². The van der Waals surface area contributed by atoms with Crippen molar-refractivity contribution in [2.24, 2.45) is 4.99 Å². The van der Waals surface area contributed by atoms with E-state index in [1.165, 1.54) is 24.5 Å². The quantitative estimate of drug-likeness (QED) is 0.229. The molecule has 0 aromatic heterocycles. The summed E-state index contributed by atoms with van der Waals surface area (Å²) in [7, 11) is 0. The van der Waals surface area contributed by atoms with Gasteiger partial charge in [0.15, 0.2) is 0 Å². The second-order valence-electron chi connectivity index (χ2n) is 7.11. The molecule has 3 aromatic carbocycles. The zero-order valence-electron chi connectivity index (χ0n) is 17.8. The Bertz CT molecular complexity index is 1100. The van der Waals surface area contributed by atoms with Crippen molar-refractivity contribution in [1.29, 1.82) is 0 Å². The number of halogens is 3. The zero-order chi connectivity index (χ0) is 23.1. The van der Waals surface area contributed by atoms with Gasteiger partial charge in [-0.15, -0.1) is 13.2 Å². The fourth-order valence-electron chi connectivity index (χ4n) is 2.60. The Hall–Kier alpha value is -3.74. The average molecular weight is 441 g/mol. The van der Waals surface area contributed by atoms with Crippen molar-refractivity contribution >= 4 is 11.6 Å². The van der Waals surface area contributed by atoms with Crippen LogP contribution in [0.2, 0.25) is 0 Å². The van der Waals surface area contributed by atoms with E-state index < -0.39 is 6.36 Å². The van der Waals surface area contributed by atoms with Gasteiger partial charge in [-0.05, 0) is 57.2 Å². The number of aliphatic imine (C=N–C) groups is 1. The molecule has 0 heterocycles. The van der Waals surface area contributed by atoms with E-state index in [0.29, 0.717) is 17.0 Å². The van der Waals surface area contributed by atoms with E-state index in [0.717, 1.165) is 17.2 Å². The van der Waals surface area contributed by atoms with Crippen LogP contribution in [-0.4, -0.2) is 12.3 Å². The van der Waals surface area contributed by atoms with Gasteiger partial charge >= 0.3 is 6.36 Å². The van der Waals surface area contributed by atoms with Crippen molar-refractivity contribution in [2.45, 2.75) is 27.1 Å². The molecule has 0 aliphatic rings. The summed E-state index contributed by atoms with van der Waals surface area (Å²) in [5.74, 6) is 0.554. The second-order valence-corrected chi connectivity index (χ2v) is 7.11. The van der Waals surface area contributed by atoms with Gasteiger partial charge in [-0.1, -0.05) is 41.5 Å². The standard InChI is InChI=1S/C25H22F3NO3/c1-17-7-11-20(12-8-17)29-24(19(3)16-30-21-13-9-18(2)10-14-21)31-22-5-4-6-23(15-22)32-25(26,27)28/h4-16H,1-3H3. The molecule has 0 saturated carbocycles. The van der Waals surface area contributed by atoms with Gasteiger partial charge in [0.05, 0.1) is 11.9 Å². The van der Waals surface area contributed by atoms with E-state index >= 15 is 0 Å². The molecule has 0 aliphatic carbocycles. The lowest BCUT2D eigenvalue weighted by Gasteiger charge is -2.13. The van der Waals surface area contributed by atoms with E-state index in [9.17, 15) is 13.2 Å². The molecule has 0 bridgehead atoms. The summed E-state index contributed by atoms with van der Waals surface area (Å²) in [5.41, 5.74) is 3.33. The lowest BCUT2D eigenvalue weighted by atomic mass is 10.2. The van der Waals surface area contributed by atoms with E-state index in [4.69, 9.17) is 9.47 Å². The third kappa shape index (κ3) is 7.19. The average Bonchev–Trinajstić information content (AvgIpc) is 2.73. The molecule has 0 aliphatic heterocycles. The maximum Gasteiger partial charge on any atom is 0.573 e. The molecule has 0 unspecified atom stereocenters.